The van der Waals surface area contributed by atoms with Crippen LogP contribution in [0.1, 0.15) is 24.2 Å². The van der Waals surface area contributed by atoms with Crippen LogP contribution in [0.3, 0.4) is 0 Å². The number of benzene rings is 1. The fraction of sp³-hybridized carbons (Fsp3) is 0.235. The van der Waals surface area contributed by atoms with Gasteiger partial charge in [0.2, 0.25) is 0 Å². The highest BCUT2D eigenvalue weighted by atomic mass is 16.7. The van der Waals surface area contributed by atoms with Gasteiger partial charge in [0.25, 0.3) is 0 Å². The molecule has 0 spiro atoms. The van der Waals surface area contributed by atoms with Gasteiger partial charge in [0.15, 0.2) is 17.3 Å². The van der Waals surface area contributed by atoms with Gasteiger partial charge in [-0.15, -0.1) is 0 Å². The normalized spacial score (nSPS) is 15.8. The van der Waals surface area contributed by atoms with Crippen LogP contribution in [0.5, 0.6) is 11.5 Å². The summed E-state index contributed by atoms with van der Waals surface area (Å²) >= 11 is 0. The van der Waals surface area contributed by atoms with E-state index < -0.39 is 5.97 Å². The van der Waals surface area contributed by atoms with Crippen molar-refractivity contribution in [3.8, 4) is 11.5 Å². The summed E-state index contributed by atoms with van der Waals surface area (Å²) in [5, 5.41) is 3.82. The van der Waals surface area contributed by atoms with Gasteiger partial charge in [-0.05, 0) is 49.8 Å². The summed E-state index contributed by atoms with van der Waals surface area (Å²) in [5.41, 5.74) is 1.98. The van der Waals surface area contributed by atoms with E-state index in [0.717, 1.165) is 0 Å². The van der Waals surface area contributed by atoms with Crippen molar-refractivity contribution < 1.29 is 23.9 Å². The molecule has 0 saturated heterocycles. The Bertz CT molecular complexity index is 743. The van der Waals surface area contributed by atoms with E-state index in [4.69, 9.17) is 14.3 Å². The highest BCUT2D eigenvalue weighted by molar-refractivity contribution is 6.21. The number of oxime groups is 1. The van der Waals surface area contributed by atoms with Gasteiger partial charge in [-0.1, -0.05) is 5.16 Å². The average molecular weight is 315 g/mol. The Hall–Kier alpha value is -2.89. The molecule has 1 aromatic carbocycles. The summed E-state index contributed by atoms with van der Waals surface area (Å²) in [4.78, 5) is 28.5. The zero-order chi connectivity index (χ0) is 17.0. The average Bonchev–Trinajstić information content (AvgIpc) is 2.58. The van der Waals surface area contributed by atoms with E-state index in [-0.39, 0.29) is 11.3 Å². The maximum atomic E-state index is 12.1. The summed E-state index contributed by atoms with van der Waals surface area (Å²) in [7, 11) is 2.99. The minimum absolute atomic E-state index is 0.0762. The van der Waals surface area contributed by atoms with Gasteiger partial charge < -0.3 is 14.3 Å². The lowest BCUT2D eigenvalue weighted by Gasteiger charge is -2.10. The molecule has 1 aliphatic rings. The van der Waals surface area contributed by atoms with Crippen LogP contribution in [-0.4, -0.2) is 31.7 Å². The zero-order valence-electron chi connectivity index (χ0n) is 13.4. The quantitative estimate of drug-likeness (QED) is 0.485. The molecule has 0 heterocycles. The van der Waals surface area contributed by atoms with E-state index in [1.54, 1.807) is 26.0 Å². The molecule has 0 N–H and O–H groups in total. The van der Waals surface area contributed by atoms with E-state index >= 15 is 0 Å². The first kappa shape index (κ1) is 16.5. The van der Waals surface area contributed by atoms with Crippen LogP contribution in [0.25, 0.3) is 0 Å². The lowest BCUT2D eigenvalue weighted by molar-refractivity contribution is -0.111. The number of carbonyl (C=O) groups excluding carboxylic acids is 2. The van der Waals surface area contributed by atoms with Gasteiger partial charge in [-0.2, -0.15) is 0 Å². The molecular formula is C17H17NO5. The third kappa shape index (κ3) is 3.48. The Morgan fingerprint density at radius 1 is 1.00 bits per heavy atom. The molecule has 0 amide bonds. The Labute approximate surface area is 134 Å². The molecule has 23 heavy (non-hydrogen) atoms. The fourth-order valence-electron chi connectivity index (χ4n) is 1.99. The third-order valence-electron chi connectivity index (χ3n) is 3.56. The van der Waals surface area contributed by atoms with Gasteiger partial charge in [-0.3, -0.25) is 4.79 Å². The van der Waals surface area contributed by atoms with Crippen molar-refractivity contribution >= 4 is 17.5 Å². The van der Waals surface area contributed by atoms with Crippen molar-refractivity contribution in [2.24, 2.45) is 5.16 Å². The number of ketones is 1. The smallest absolute Gasteiger partial charge is 0.365 e. The molecule has 0 unspecified atom stereocenters. The second-order valence-corrected chi connectivity index (χ2v) is 4.87. The number of carbonyl (C=O) groups is 2. The molecule has 0 fully saturated rings. The van der Waals surface area contributed by atoms with Crippen molar-refractivity contribution in [3.05, 3.63) is 47.1 Å². The Balaban J connectivity index is 2.19. The van der Waals surface area contributed by atoms with Crippen molar-refractivity contribution in [2.75, 3.05) is 14.2 Å². The Kier molecular flexibility index (Phi) is 4.95. The van der Waals surface area contributed by atoms with E-state index in [9.17, 15) is 9.59 Å². The molecule has 0 bridgehead atoms. The topological polar surface area (TPSA) is 74.2 Å². The second kappa shape index (κ2) is 6.91. The maximum Gasteiger partial charge on any atom is 0.365 e. The number of hydrogen-bond donors (Lipinski definition) is 0. The molecule has 6 heteroatoms. The predicted octanol–water partition coefficient (Wildman–Crippen LogP) is 2.69. The molecule has 120 valence electrons. The third-order valence-corrected chi connectivity index (χ3v) is 3.56. The van der Waals surface area contributed by atoms with Crippen LogP contribution in [0.4, 0.5) is 0 Å². The van der Waals surface area contributed by atoms with Crippen LogP contribution < -0.4 is 9.47 Å². The van der Waals surface area contributed by atoms with Crippen molar-refractivity contribution in [1.82, 2.24) is 0 Å². The molecule has 2 rings (SSSR count). The molecule has 0 aliphatic heterocycles. The van der Waals surface area contributed by atoms with E-state index in [1.165, 1.54) is 32.4 Å². The molecule has 0 atom stereocenters. The lowest BCUT2D eigenvalue weighted by Crippen LogP contribution is -2.12. The summed E-state index contributed by atoms with van der Waals surface area (Å²) in [6, 6.07) is 4.67. The summed E-state index contributed by atoms with van der Waals surface area (Å²) in [6.07, 6.45) is 2.91. The van der Waals surface area contributed by atoms with Crippen LogP contribution in [-0.2, 0) is 9.63 Å². The van der Waals surface area contributed by atoms with Gasteiger partial charge in [0.1, 0.15) is 5.71 Å². The highest BCUT2D eigenvalue weighted by Crippen LogP contribution is 2.27. The van der Waals surface area contributed by atoms with Gasteiger partial charge >= 0.3 is 5.97 Å². The van der Waals surface area contributed by atoms with Crippen LogP contribution in [0.15, 0.2) is 46.7 Å². The Morgan fingerprint density at radius 3 is 2.35 bits per heavy atom. The predicted molar refractivity (Wildman–Crippen MR) is 84.9 cm³/mol. The molecular weight excluding hydrogens is 298 g/mol. The molecule has 0 aromatic heterocycles. The summed E-state index contributed by atoms with van der Waals surface area (Å²) in [6.45, 7) is 3.45. The van der Waals surface area contributed by atoms with Gasteiger partial charge in [0, 0.05) is 5.57 Å². The molecule has 0 radical (unpaired) electrons. The number of allylic oxidation sites excluding steroid dienone is 4. The van der Waals surface area contributed by atoms with Crippen molar-refractivity contribution in [1.29, 1.82) is 0 Å². The first-order valence-corrected chi connectivity index (χ1v) is 6.89. The monoisotopic (exact) mass is 315 g/mol. The van der Waals surface area contributed by atoms with Gasteiger partial charge in [0.05, 0.1) is 19.8 Å². The molecule has 1 aromatic rings. The minimum atomic E-state index is -0.630. The van der Waals surface area contributed by atoms with E-state index in [0.29, 0.717) is 28.4 Å². The number of methoxy groups -OCH3 is 2. The molecule has 0 saturated carbocycles. The van der Waals surface area contributed by atoms with Crippen molar-refractivity contribution in [2.45, 2.75) is 13.8 Å². The summed E-state index contributed by atoms with van der Waals surface area (Å²) in [5.74, 6) is 0.227. The van der Waals surface area contributed by atoms with Gasteiger partial charge in [-0.25, -0.2) is 4.79 Å². The SMILES string of the molecule is COc1ccc(C(=O)ON=C2C=CC(=O)C(C)=C2C)cc1OC. The zero-order valence-corrected chi connectivity index (χ0v) is 13.4. The maximum absolute atomic E-state index is 12.1. The number of hydrogen-bond acceptors (Lipinski definition) is 6. The standard InChI is InChI=1S/C17H17NO5/c1-10-11(2)14(19)7-6-13(10)18-23-17(20)12-5-8-15(21-3)16(9-12)22-4/h5-9H,1-4H3. The molecule has 6 nitrogen and oxygen atoms in total. The highest BCUT2D eigenvalue weighted by Gasteiger charge is 2.16. The Morgan fingerprint density at radius 2 is 1.70 bits per heavy atom. The first-order chi connectivity index (χ1) is 11.0. The van der Waals surface area contributed by atoms with Crippen LogP contribution >= 0.6 is 0 Å². The van der Waals surface area contributed by atoms with Crippen molar-refractivity contribution in [3.63, 3.8) is 0 Å². The van der Waals surface area contributed by atoms with E-state index in [1.807, 2.05) is 0 Å². The first-order valence-electron chi connectivity index (χ1n) is 6.89. The largest absolute Gasteiger partial charge is 0.493 e. The second-order valence-electron chi connectivity index (χ2n) is 4.87. The van der Waals surface area contributed by atoms with Crippen LogP contribution in [0.2, 0.25) is 0 Å². The number of nitrogens with zero attached hydrogens (tertiary/aromatic N) is 1. The fourth-order valence-corrected chi connectivity index (χ4v) is 1.99. The van der Waals surface area contributed by atoms with E-state index in [2.05, 4.69) is 5.16 Å². The van der Waals surface area contributed by atoms with Crippen LogP contribution in [0, 0.1) is 0 Å². The molecule has 1 aliphatic carbocycles. The number of ether oxygens (including phenoxy) is 2. The lowest BCUT2D eigenvalue weighted by atomic mass is 9.97. The number of rotatable bonds is 4. The summed E-state index contributed by atoms with van der Waals surface area (Å²) < 4.78 is 10.2. The minimum Gasteiger partial charge on any atom is -0.493 e.